The molecule has 142 valence electrons. The lowest BCUT2D eigenvalue weighted by Gasteiger charge is -2.09. The molecule has 0 spiro atoms. The zero-order valence-electron chi connectivity index (χ0n) is 14.8. The van der Waals surface area contributed by atoms with Crippen LogP contribution in [0.2, 0.25) is 5.02 Å². The monoisotopic (exact) mass is 397 g/mol. The molecule has 0 aliphatic heterocycles. The number of aromatic nitrogens is 3. The number of hydrogen-bond acceptors (Lipinski definition) is 7. The number of carbonyl (C=O) groups excluding carboxylic acids is 2. The molecule has 3 aromatic rings. The first kappa shape index (κ1) is 19.2. The number of carbonyl (C=O) groups is 2. The summed E-state index contributed by atoms with van der Waals surface area (Å²) >= 11 is 6.09. The van der Waals surface area contributed by atoms with E-state index in [9.17, 15) is 9.59 Å². The van der Waals surface area contributed by atoms with Crippen molar-refractivity contribution in [3.8, 4) is 0 Å². The van der Waals surface area contributed by atoms with Gasteiger partial charge in [-0.15, -0.1) is 0 Å². The number of esters is 1. The molecule has 28 heavy (non-hydrogen) atoms. The molecule has 2 heterocycles. The van der Waals surface area contributed by atoms with Gasteiger partial charge in [0.2, 0.25) is 5.95 Å². The van der Waals surface area contributed by atoms with E-state index in [-0.39, 0.29) is 21.8 Å². The smallest absolute Gasteiger partial charge is 0.337 e. The molecule has 0 unspecified atom stereocenters. The van der Waals surface area contributed by atoms with Crippen LogP contribution >= 0.6 is 11.6 Å². The van der Waals surface area contributed by atoms with Crippen molar-refractivity contribution in [3.63, 3.8) is 0 Å². The summed E-state index contributed by atoms with van der Waals surface area (Å²) in [6.45, 7) is 0.532. The average Bonchev–Trinajstić information content (AvgIpc) is 2.74. The molecule has 0 saturated carbocycles. The van der Waals surface area contributed by atoms with E-state index < -0.39 is 11.9 Å². The van der Waals surface area contributed by atoms with Crippen LogP contribution in [0.25, 0.3) is 0 Å². The van der Waals surface area contributed by atoms with Crippen molar-refractivity contribution in [1.29, 1.82) is 0 Å². The summed E-state index contributed by atoms with van der Waals surface area (Å²) in [6.07, 6.45) is 6.20. The summed E-state index contributed by atoms with van der Waals surface area (Å²) in [4.78, 5) is 36.3. The maximum absolute atomic E-state index is 12.4. The van der Waals surface area contributed by atoms with Crippen LogP contribution in [-0.4, -0.2) is 33.9 Å². The van der Waals surface area contributed by atoms with E-state index >= 15 is 0 Å². The summed E-state index contributed by atoms with van der Waals surface area (Å²) < 4.78 is 4.66. The van der Waals surface area contributed by atoms with Gasteiger partial charge in [0.05, 0.1) is 28.9 Å². The van der Waals surface area contributed by atoms with Crippen LogP contribution in [0.3, 0.4) is 0 Å². The molecule has 0 atom stereocenters. The predicted molar refractivity (Wildman–Crippen MR) is 104 cm³/mol. The van der Waals surface area contributed by atoms with Crippen LogP contribution in [0.4, 0.5) is 11.6 Å². The van der Waals surface area contributed by atoms with Gasteiger partial charge in [0.1, 0.15) is 0 Å². The Hall–Kier alpha value is -3.52. The molecule has 0 bridgehead atoms. The third-order valence-electron chi connectivity index (χ3n) is 3.75. The number of nitrogens with one attached hydrogen (secondary N) is 2. The summed E-state index contributed by atoms with van der Waals surface area (Å²) in [5.41, 5.74) is 1.83. The lowest BCUT2D eigenvalue weighted by molar-refractivity contribution is 0.0600. The molecule has 9 heteroatoms. The fraction of sp³-hybridized carbons (Fsp3) is 0.105. The lowest BCUT2D eigenvalue weighted by atomic mass is 10.2. The molecule has 0 saturated heterocycles. The fourth-order valence-electron chi connectivity index (χ4n) is 2.28. The zero-order chi connectivity index (χ0) is 19.9. The largest absolute Gasteiger partial charge is 0.465 e. The van der Waals surface area contributed by atoms with E-state index in [0.29, 0.717) is 12.5 Å². The topological polar surface area (TPSA) is 106 Å². The number of halogens is 1. The molecule has 3 rings (SSSR count). The van der Waals surface area contributed by atoms with Crippen LogP contribution in [0.1, 0.15) is 26.3 Å². The second kappa shape index (κ2) is 8.92. The molecule has 0 fully saturated rings. The summed E-state index contributed by atoms with van der Waals surface area (Å²) in [7, 11) is 1.27. The Labute approximate surface area is 166 Å². The van der Waals surface area contributed by atoms with Crippen molar-refractivity contribution in [2.75, 3.05) is 17.7 Å². The van der Waals surface area contributed by atoms with Gasteiger partial charge in [-0.05, 0) is 35.9 Å². The second-order valence-electron chi connectivity index (χ2n) is 5.64. The van der Waals surface area contributed by atoms with Gasteiger partial charge >= 0.3 is 5.97 Å². The Balaban J connectivity index is 1.65. The Morgan fingerprint density at radius 1 is 1.07 bits per heavy atom. The van der Waals surface area contributed by atoms with Crippen molar-refractivity contribution in [2.45, 2.75) is 6.54 Å². The molecule has 0 radical (unpaired) electrons. The van der Waals surface area contributed by atoms with Crippen LogP contribution in [0, 0.1) is 0 Å². The Morgan fingerprint density at radius 2 is 1.79 bits per heavy atom. The maximum Gasteiger partial charge on any atom is 0.337 e. The number of benzene rings is 1. The minimum atomic E-state index is -0.528. The van der Waals surface area contributed by atoms with Gasteiger partial charge in [-0.3, -0.25) is 9.78 Å². The van der Waals surface area contributed by atoms with E-state index in [1.165, 1.54) is 37.7 Å². The predicted octanol–water partition coefficient (Wildman–Crippen LogP) is 3.18. The number of amides is 1. The normalized spacial score (nSPS) is 10.2. The highest BCUT2D eigenvalue weighted by molar-refractivity contribution is 6.34. The molecule has 1 amide bonds. The highest BCUT2D eigenvalue weighted by Gasteiger charge is 2.13. The first-order chi connectivity index (χ1) is 13.6. The molecule has 1 aromatic carbocycles. The molecule has 0 aliphatic carbocycles. The Bertz CT molecular complexity index is 981. The number of methoxy groups -OCH3 is 1. The van der Waals surface area contributed by atoms with E-state index in [2.05, 4.69) is 30.3 Å². The van der Waals surface area contributed by atoms with Gasteiger partial charge in [-0.1, -0.05) is 11.6 Å². The minimum absolute atomic E-state index is 0.244. The summed E-state index contributed by atoms with van der Waals surface area (Å²) in [5, 5.41) is 5.98. The molecule has 8 nitrogen and oxygen atoms in total. The molecule has 2 aromatic heterocycles. The third kappa shape index (κ3) is 4.80. The second-order valence-corrected chi connectivity index (χ2v) is 6.05. The molecule has 0 aliphatic rings. The number of hydrogen-bond donors (Lipinski definition) is 2. The third-order valence-corrected chi connectivity index (χ3v) is 4.08. The van der Waals surface area contributed by atoms with Crippen LogP contribution in [0.5, 0.6) is 0 Å². The van der Waals surface area contributed by atoms with Crippen molar-refractivity contribution in [2.24, 2.45) is 0 Å². The van der Waals surface area contributed by atoms with Crippen LogP contribution in [-0.2, 0) is 11.3 Å². The van der Waals surface area contributed by atoms with Crippen LogP contribution < -0.4 is 10.6 Å². The summed E-state index contributed by atoms with van der Waals surface area (Å²) in [6, 6.07) is 8.21. The average molecular weight is 398 g/mol. The number of nitrogens with zero attached hydrogens (tertiary/aromatic N) is 3. The van der Waals surface area contributed by atoms with Gasteiger partial charge in [0.25, 0.3) is 5.91 Å². The quantitative estimate of drug-likeness (QED) is 0.615. The highest BCUT2D eigenvalue weighted by Crippen LogP contribution is 2.24. The van der Waals surface area contributed by atoms with Crippen molar-refractivity contribution in [3.05, 3.63) is 76.8 Å². The number of anilines is 2. The molecule has 2 N–H and O–H groups in total. The van der Waals surface area contributed by atoms with Gasteiger partial charge in [-0.25, -0.2) is 14.8 Å². The number of ether oxygens (including phenoxy) is 1. The van der Waals surface area contributed by atoms with Crippen molar-refractivity contribution >= 4 is 35.1 Å². The first-order valence-corrected chi connectivity index (χ1v) is 8.58. The Morgan fingerprint density at radius 3 is 2.46 bits per heavy atom. The summed E-state index contributed by atoms with van der Waals surface area (Å²) in [5.74, 6) is -0.594. The maximum atomic E-state index is 12.4. The molecular formula is C19H16ClN5O3. The zero-order valence-corrected chi connectivity index (χ0v) is 15.6. The Kier molecular flexibility index (Phi) is 6.13. The first-order valence-electron chi connectivity index (χ1n) is 8.21. The van der Waals surface area contributed by atoms with Gasteiger partial charge in [-0.2, -0.15) is 0 Å². The van der Waals surface area contributed by atoms with E-state index in [0.717, 1.165) is 5.56 Å². The van der Waals surface area contributed by atoms with Gasteiger partial charge in [0, 0.05) is 31.3 Å². The standard InChI is InChI=1S/C19H16ClN5O3/c1-28-18(27)13-2-3-15(20)16(8-13)25-17(26)14-10-23-19(24-11-14)22-9-12-4-6-21-7-5-12/h2-8,10-11H,9H2,1H3,(H,25,26)(H,22,23,24). The van der Waals surface area contributed by atoms with Gasteiger partial charge < -0.3 is 15.4 Å². The molecular weight excluding hydrogens is 382 g/mol. The SMILES string of the molecule is COC(=O)c1ccc(Cl)c(NC(=O)c2cnc(NCc3ccncc3)nc2)c1. The minimum Gasteiger partial charge on any atom is -0.465 e. The lowest BCUT2D eigenvalue weighted by Crippen LogP contribution is -2.14. The van der Waals surface area contributed by atoms with E-state index in [1.807, 2.05) is 12.1 Å². The van der Waals surface area contributed by atoms with Crippen LogP contribution in [0.15, 0.2) is 55.1 Å². The fourth-order valence-corrected chi connectivity index (χ4v) is 2.44. The van der Waals surface area contributed by atoms with E-state index in [1.54, 1.807) is 12.4 Å². The van der Waals surface area contributed by atoms with Crippen molar-refractivity contribution in [1.82, 2.24) is 15.0 Å². The number of rotatable bonds is 6. The van der Waals surface area contributed by atoms with Gasteiger partial charge in [0.15, 0.2) is 0 Å². The number of pyridine rings is 1. The van der Waals surface area contributed by atoms with Crippen molar-refractivity contribution < 1.29 is 14.3 Å². The van der Waals surface area contributed by atoms with E-state index in [4.69, 9.17) is 11.6 Å². The highest BCUT2D eigenvalue weighted by atomic mass is 35.5.